The van der Waals surface area contributed by atoms with Crippen LogP contribution in [0.1, 0.15) is 13.3 Å². The summed E-state index contributed by atoms with van der Waals surface area (Å²) in [6.45, 7) is 4.22. The summed E-state index contributed by atoms with van der Waals surface area (Å²) in [5, 5.41) is 3.11. The minimum absolute atomic E-state index is 0.0615. The minimum atomic E-state index is -0.217. The van der Waals surface area contributed by atoms with E-state index in [0.29, 0.717) is 13.0 Å². The third-order valence-electron chi connectivity index (χ3n) is 1.98. The zero-order valence-electron chi connectivity index (χ0n) is 7.55. The molecular weight excluding hydrogens is 158 g/mol. The number of esters is 1. The lowest BCUT2D eigenvalue weighted by Crippen LogP contribution is -2.59. The summed E-state index contributed by atoms with van der Waals surface area (Å²) < 4.78 is 9.96. The molecule has 0 aromatic heterocycles. The Morgan fingerprint density at radius 2 is 2.25 bits per heavy atom. The van der Waals surface area contributed by atoms with Gasteiger partial charge in [0.05, 0.1) is 25.7 Å². The molecule has 0 aliphatic carbocycles. The molecule has 0 amide bonds. The average molecular weight is 173 g/mol. The highest BCUT2D eigenvalue weighted by molar-refractivity contribution is 5.69. The van der Waals surface area contributed by atoms with Crippen LogP contribution in [-0.4, -0.2) is 38.4 Å². The Morgan fingerprint density at radius 3 is 2.67 bits per heavy atom. The molecule has 12 heavy (non-hydrogen) atoms. The first-order chi connectivity index (χ1) is 5.66. The standard InChI is InChI=1S/C8H15NO3/c1-8(5-9-6-8)12-4-3-7(10)11-2/h9H,3-6H2,1-2H3. The quantitative estimate of drug-likeness (QED) is 0.604. The lowest BCUT2D eigenvalue weighted by atomic mass is 10.0. The number of methoxy groups -OCH3 is 1. The van der Waals surface area contributed by atoms with Crippen LogP contribution >= 0.6 is 0 Å². The molecule has 0 aromatic rings. The van der Waals surface area contributed by atoms with Crippen LogP contribution in [0.2, 0.25) is 0 Å². The van der Waals surface area contributed by atoms with Crippen LogP contribution in [-0.2, 0) is 14.3 Å². The van der Waals surface area contributed by atoms with Crippen LogP contribution in [0.5, 0.6) is 0 Å². The van der Waals surface area contributed by atoms with Crippen LogP contribution < -0.4 is 5.32 Å². The van der Waals surface area contributed by atoms with E-state index in [2.05, 4.69) is 10.1 Å². The number of rotatable bonds is 4. The monoisotopic (exact) mass is 173 g/mol. The molecule has 0 unspecified atom stereocenters. The maximum atomic E-state index is 10.7. The Kier molecular flexibility index (Phi) is 3.05. The first-order valence-corrected chi connectivity index (χ1v) is 4.08. The molecule has 0 radical (unpaired) electrons. The summed E-state index contributed by atoms with van der Waals surface area (Å²) in [4.78, 5) is 10.7. The Hall–Kier alpha value is -0.610. The lowest BCUT2D eigenvalue weighted by Gasteiger charge is -2.38. The van der Waals surface area contributed by atoms with Crippen molar-refractivity contribution in [3.8, 4) is 0 Å². The summed E-state index contributed by atoms with van der Waals surface area (Å²) in [7, 11) is 1.38. The van der Waals surface area contributed by atoms with E-state index in [1.165, 1.54) is 7.11 Å². The second kappa shape index (κ2) is 3.87. The molecular formula is C8H15NO3. The van der Waals surface area contributed by atoms with Crippen molar-refractivity contribution in [3.63, 3.8) is 0 Å². The van der Waals surface area contributed by atoms with Gasteiger partial charge in [0.2, 0.25) is 0 Å². The van der Waals surface area contributed by atoms with Crippen molar-refractivity contribution in [1.82, 2.24) is 5.32 Å². The fraction of sp³-hybridized carbons (Fsp3) is 0.875. The molecule has 4 nitrogen and oxygen atoms in total. The van der Waals surface area contributed by atoms with Gasteiger partial charge in [0.1, 0.15) is 0 Å². The van der Waals surface area contributed by atoms with Gasteiger partial charge in [0, 0.05) is 13.1 Å². The number of hydrogen-bond acceptors (Lipinski definition) is 4. The largest absolute Gasteiger partial charge is 0.469 e. The van der Waals surface area contributed by atoms with Gasteiger partial charge in [-0.15, -0.1) is 0 Å². The molecule has 1 saturated heterocycles. The molecule has 0 bridgehead atoms. The van der Waals surface area contributed by atoms with Crippen molar-refractivity contribution < 1.29 is 14.3 Å². The van der Waals surface area contributed by atoms with Crippen molar-refractivity contribution in [2.24, 2.45) is 0 Å². The lowest BCUT2D eigenvalue weighted by molar-refractivity contribution is -0.144. The van der Waals surface area contributed by atoms with Crippen LogP contribution in [0.4, 0.5) is 0 Å². The fourth-order valence-electron chi connectivity index (χ4n) is 1.06. The van der Waals surface area contributed by atoms with Gasteiger partial charge in [-0.3, -0.25) is 4.79 Å². The van der Waals surface area contributed by atoms with Gasteiger partial charge in [0.15, 0.2) is 0 Å². The van der Waals surface area contributed by atoms with Crippen LogP contribution in [0.15, 0.2) is 0 Å². The zero-order chi connectivity index (χ0) is 9.03. The van der Waals surface area contributed by atoms with Crippen molar-refractivity contribution in [2.75, 3.05) is 26.8 Å². The predicted molar refractivity (Wildman–Crippen MR) is 43.9 cm³/mol. The highest BCUT2D eigenvalue weighted by Crippen LogP contribution is 2.15. The van der Waals surface area contributed by atoms with E-state index in [4.69, 9.17) is 4.74 Å². The van der Waals surface area contributed by atoms with Crippen molar-refractivity contribution in [2.45, 2.75) is 18.9 Å². The summed E-state index contributed by atoms with van der Waals surface area (Å²) in [5.74, 6) is -0.217. The van der Waals surface area contributed by atoms with Gasteiger partial charge in [-0.1, -0.05) is 0 Å². The van der Waals surface area contributed by atoms with Crippen molar-refractivity contribution >= 4 is 5.97 Å². The first-order valence-electron chi connectivity index (χ1n) is 4.08. The molecule has 4 heteroatoms. The van der Waals surface area contributed by atoms with Gasteiger partial charge in [-0.25, -0.2) is 0 Å². The molecule has 1 aliphatic heterocycles. The van der Waals surface area contributed by atoms with E-state index in [1.54, 1.807) is 0 Å². The average Bonchev–Trinajstić information content (AvgIpc) is 2.01. The van der Waals surface area contributed by atoms with Gasteiger partial charge in [-0.05, 0) is 6.92 Å². The maximum absolute atomic E-state index is 10.7. The summed E-state index contributed by atoms with van der Waals surface area (Å²) in [5.41, 5.74) is -0.0615. The molecule has 1 rings (SSSR count). The van der Waals surface area contributed by atoms with Crippen molar-refractivity contribution in [3.05, 3.63) is 0 Å². The highest BCUT2D eigenvalue weighted by Gasteiger charge is 2.32. The summed E-state index contributed by atoms with van der Waals surface area (Å²) >= 11 is 0. The maximum Gasteiger partial charge on any atom is 0.307 e. The predicted octanol–water partition coefficient (Wildman–Crippen LogP) is -0.0720. The molecule has 1 fully saturated rings. The molecule has 1 heterocycles. The highest BCUT2D eigenvalue weighted by atomic mass is 16.5. The second-order valence-corrected chi connectivity index (χ2v) is 3.23. The van der Waals surface area contributed by atoms with E-state index in [0.717, 1.165) is 13.1 Å². The molecule has 0 atom stereocenters. The number of nitrogens with one attached hydrogen (secondary N) is 1. The molecule has 1 aliphatic rings. The summed E-state index contributed by atoms with van der Waals surface area (Å²) in [6, 6.07) is 0. The van der Waals surface area contributed by atoms with Gasteiger partial charge in [-0.2, -0.15) is 0 Å². The molecule has 70 valence electrons. The van der Waals surface area contributed by atoms with E-state index in [9.17, 15) is 4.79 Å². The van der Waals surface area contributed by atoms with Crippen LogP contribution in [0, 0.1) is 0 Å². The Balaban J connectivity index is 2.05. The molecule has 0 saturated carbocycles. The number of carbonyl (C=O) groups is 1. The van der Waals surface area contributed by atoms with E-state index < -0.39 is 0 Å². The van der Waals surface area contributed by atoms with Crippen molar-refractivity contribution in [1.29, 1.82) is 0 Å². The Labute approximate surface area is 72.2 Å². The van der Waals surface area contributed by atoms with Gasteiger partial charge >= 0.3 is 5.97 Å². The van der Waals surface area contributed by atoms with Gasteiger partial charge < -0.3 is 14.8 Å². The van der Waals surface area contributed by atoms with E-state index in [1.807, 2.05) is 6.92 Å². The molecule has 1 N–H and O–H groups in total. The Bertz CT molecular complexity index is 166. The second-order valence-electron chi connectivity index (χ2n) is 3.23. The minimum Gasteiger partial charge on any atom is -0.469 e. The molecule has 0 aromatic carbocycles. The van der Waals surface area contributed by atoms with Crippen LogP contribution in [0.3, 0.4) is 0 Å². The third-order valence-corrected chi connectivity index (χ3v) is 1.98. The number of hydrogen-bond donors (Lipinski definition) is 1. The first kappa shape index (κ1) is 9.48. The third kappa shape index (κ3) is 2.46. The molecule has 0 spiro atoms. The normalized spacial score (nSPS) is 19.8. The van der Waals surface area contributed by atoms with Gasteiger partial charge in [0.25, 0.3) is 0 Å². The number of carbonyl (C=O) groups excluding carboxylic acids is 1. The zero-order valence-corrected chi connectivity index (χ0v) is 7.55. The topological polar surface area (TPSA) is 47.6 Å². The Morgan fingerprint density at radius 1 is 1.58 bits per heavy atom. The van der Waals surface area contributed by atoms with E-state index >= 15 is 0 Å². The fourth-order valence-corrected chi connectivity index (χ4v) is 1.06. The van der Waals surface area contributed by atoms with E-state index in [-0.39, 0.29) is 11.6 Å². The summed E-state index contributed by atoms with van der Waals surface area (Å²) in [6.07, 6.45) is 0.339. The SMILES string of the molecule is COC(=O)CCOC1(C)CNC1. The van der Waals surface area contributed by atoms with Crippen LogP contribution in [0.25, 0.3) is 0 Å². The smallest absolute Gasteiger partial charge is 0.307 e. The number of ether oxygens (including phenoxy) is 2.